The molecule has 0 spiro atoms. The van der Waals surface area contributed by atoms with Crippen LogP contribution >= 0.6 is 0 Å². The standard InChI is InChI=1S/C16H25NO2/c1-12-3-6-14(7-4-12)16(10-17,11-18)9-15-8-5-13(2)19-15/h3-4,6-7,13,15,18H,5,8-11,17H2,1-2H3. The van der Waals surface area contributed by atoms with Crippen molar-refractivity contribution in [2.45, 2.75) is 50.7 Å². The van der Waals surface area contributed by atoms with Crippen LogP contribution in [0.25, 0.3) is 0 Å². The molecule has 3 atom stereocenters. The first-order valence-electron chi connectivity index (χ1n) is 7.13. The van der Waals surface area contributed by atoms with E-state index in [1.54, 1.807) is 0 Å². The van der Waals surface area contributed by atoms with E-state index >= 15 is 0 Å². The molecule has 0 bridgehead atoms. The molecule has 1 fully saturated rings. The quantitative estimate of drug-likeness (QED) is 0.855. The van der Waals surface area contributed by atoms with Crippen molar-refractivity contribution >= 4 is 0 Å². The molecule has 1 saturated heterocycles. The number of hydrogen-bond donors (Lipinski definition) is 2. The highest BCUT2D eigenvalue weighted by Crippen LogP contribution is 2.33. The van der Waals surface area contributed by atoms with Gasteiger partial charge in [-0.1, -0.05) is 29.8 Å². The van der Waals surface area contributed by atoms with Gasteiger partial charge in [0.05, 0.1) is 18.8 Å². The Morgan fingerprint density at radius 3 is 2.47 bits per heavy atom. The number of aliphatic hydroxyl groups excluding tert-OH is 1. The normalized spacial score (nSPS) is 26.3. The molecule has 1 aliphatic rings. The van der Waals surface area contributed by atoms with Crippen LogP contribution in [-0.4, -0.2) is 30.5 Å². The van der Waals surface area contributed by atoms with Crippen LogP contribution in [0, 0.1) is 6.92 Å². The van der Waals surface area contributed by atoms with E-state index in [1.165, 1.54) is 5.56 Å². The van der Waals surface area contributed by atoms with Crippen LogP contribution in [-0.2, 0) is 10.2 Å². The molecular weight excluding hydrogens is 238 g/mol. The average Bonchev–Trinajstić information content (AvgIpc) is 2.82. The summed E-state index contributed by atoms with van der Waals surface area (Å²) in [6.45, 7) is 4.69. The van der Waals surface area contributed by atoms with E-state index in [4.69, 9.17) is 10.5 Å². The van der Waals surface area contributed by atoms with Crippen molar-refractivity contribution in [2.75, 3.05) is 13.2 Å². The van der Waals surface area contributed by atoms with Crippen LogP contribution < -0.4 is 5.73 Å². The number of ether oxygens (including phenoxy) is 1. The van der Waals surface area contributed by atoms with Gasteiger partial charge in [0, 0.05) is 12.0 Å². The van der Waals surface area contributed by atoms with Crippen LogP contribution in [0.4, 0.5) is 0 Å². The Hall–Kier alpha value is -0.900. The molecular formula is C16H25NO2. The Bertz CT molecular complexity index is 398. The van der Waals surface area contributed by atoms with Crippen LogP contribution in [0.2, 0.25) is 0 Å². The molecule has 19 heavy (non-hydrogen) atoms. The first kappa shape index (κ1) is 14.5. The molecule has 3 N–H and O–H groups in total. The summed E-state index contributed by atoms with van der Waals surface area (Å²) in [5.74, 6) is 0. The van der Waals surface area contributed by atoms with Gasteiger partial charge in [0.1, 0.15) is 0 Å². The summed E-state index contributed by atoms with van der Waals surface area (Å²) in [5, 5.41) is 9.89. The van der Waals surface area contributed by atoms with Gasteiger partial charge in [-0.25, -0.2) is 0 Å². The van der Waals surface area contributed by atoms with E-state index in [9.17, 15) is 5.11 Å². The summed E-state index contributed by atoms with van der Waals surface area (Å²) in [7, 11) is 0. The minimum Gasteiger partial charge on any atom is -0.395 e. The minimum atomic E-state index is -0.373. The third-order valence-electron chi connectivity index (χ3n) is 4.30. The monoisotopic (exact) mass is 263 g/mol. The predicted octanol–water partition coefficient (Wildman–Crippen LogP) is 2.14. The number of nitrogens with two attached hydrogens (primary N) is 1. The summed E-state index contributed by atoms with van der Waals surface area (Å²) in [6, 6.07) is 8.31. The molecule has 1 heterocycles. The molecule has 1 aromatic rings. The van der Waals surface area contributed by atoms with Gasteiger partial charge in [0.15, 0.2) is 0 Å². The summed E-state index contributed by atoms with van der Waals surface area (Å²) in [4.78, 5) is 0. The van der Waals surface area contributed by atoms with Crippen molar-refractivity contribution in [3.05, 3.63) is 35.4 Å². The maximum Gasteiger partial charge on any atom is 0.0589 e. The van der Waals surface area contributed by atoms with Crippen molar-refractivity contribution in [3.63, 3.8) is 0 Å². The maximum absolute atomic E-state index is 9.89. The van der Waals surface area contributed by atoms with E-state index in [0.717, 1.165) is 24.8 Å². The van der Waals surface area contributed by atoms with Crippen molar-refractivity contribution in [1.29, 1.82) is 0 Å². The zero-order valence-electron chi connectivity index (χ0n) is 11.9. The largest absolute Gasteiger partial charge is 0.395 e. The van der Waals surface area contributed by atoms with Gasteiger partial charge in [-0.2, -0.15) is 0 Å². The first-order chi connectivity index (χ1) is 9.09. The second-order valence-electron chi connectivity index (χ2n) is 5.86. The van der Waals surface area contributed by atoms with Crippen molar-refractivity contribution < 1.29 is 9.84 Å². The lowest BCUT2D eigenvalue weighted by Crippen LogP contribution is -2.41. The van der Waals surface area contributed by atoms with Gasteiger partial charge in [-0.05, 0) is 38.7 Å². The third-order valence-corrected chi connectivity index (χ3v) is 4.30. The van der Waals surface area contributed by atoms with Crippen LogP contribution in [0.5, 0.6) is 0 Å². The summed E-state index contributed by atoms with van der Waals surface area (Å²) in [6.07, 6.45) is 3.51. The molecule has 3 heteroatoms. The highest BCUT2D eigenvalue weighted by Gasteiger charge is 2.36. The number of rotatable bonds is 5. The lowest BCUT2D eigenvalue weighted by atomic mass is 9.76. The Morgan fingerprint density at radius 2 is 2.00 bits per heavy atom. The fourth-order valence-corrected chi connectivity index (χ4v) is 2.92. The Kier molecular flexibility index (Phi) is 4.61. The van der Waals surface area contributed by atoms with Gasteiger partial charge in [-0.15, -0.1) is 0 Å². The zero-order valence-corrected chi connectivity index (χ0v) is 11.9. The molecule has 0 amide bonds. The fourth-order valence-electron chi connectivity index (χ4n) is 2.92. The van der Waals surface area contributed by atoms with Crippen LogP contribution in [0.1, 0.15) is 37.3 Å². The molecule has 0 aliphatic carbocycles. The van der Waals surface area contributed by atoms with Gasteiger partial charge in [0.2, 0.25) is 0 Å². The van der Waals surface area contributed by atoms with E-state index in [-0.39, 0.29) is 18.1 Å². The number of aryl methyl sites for hydroxylation is 1. The van der Waals surface area contributed by atoms with Crippen molar-refractivity contribution in [3.8, 4) is 0 Å². The van der Waals surface area contributed by atoms with Crippen molar-refractivity contribution in [2.24, 2.45) is 5.73 Å². The molecule has 1 aliphatic heterocycles. The molecule has 0 aromatic heterocycles. The number of aliphatic hydroxyl groups is 1. The smallest absolute Gasteiger partial charge is 0.0589 e. The highest BCUT2D eigenvalue weighted by atomic mass is 16.5. The van der Waals surface area contributed by atoms with E-state index in [1.807, 2.05) is 0 Å². The zero-order chi connectivity index (χ0) is 13.9. The molecule has 2 rings (SSSR count). The van der Waals surface area contributed by atoms with Crippen LogP contribution in [0.3, 0.4) is 0 Å². The Labute approximate surface area is 115 Å². The predicted molar refractivity (Wildman–Crippen MR) is 77.2 cm³/mol. The summed E-state index contributed by atoms with van der Waals surface area (Å²) in [5.41, 5.74) is 7.95. The molecule has 1 aromatic carbocycles. The lowest BCUT2D eigenvalue weighted by molar-refractivity contribution is 0.0269. The SMILES string of the molecule is Cc1ccc(C(CN)(CO)CC2CCC(C)O2)cc1. The second kappa shape index (κ2) is 6.04. The summed E-state index contributed by atoms with van der Waals surface area (Å²) < 4.78 is 5.90. The van der Waals surface area contributed by atoms with Gasteiger partial charge in [-0.3, -0.25) is 0 Å². The van der Waals surface area contributed by atoms with Gasteiger partial charge < -0.3 is 15.6 Å². The Balaban J connectivity index is 2.19. The summed E-state index contributed by atoms with van der Waals surface area (Å²) >= 11 is 0. The van der Waals surface area contributed by atoms with Gasteiger partial charge in [0.25, 0.3) is 0 Å². The molecule has 106 valence electrons. The Morgan fingerprint density at radius 1 is 1.32 bits per heavy atom. The molecule has 0 radical (unpaired) electrons. The molecule has 3 nitrogen and oxygen atoms in total. The number of benzene rings is 1. The first-order valence-corrected chi connectivity index (χ1v) is 7.13. The van der Waals surface area contributed by atoms with Crippen molar-refractivity contribution in [1.82, 2.24) is 0 Å². The van der Waals surface area contributed by atoms with E-state index in [2.05, 4.69) is 38.1 Å². The highest BCUT2D eigenvalue weighted by molar-refractivity contribution is 5.29. The third kappa shape index (κ3) is 3.16. The maximum atomic E-state index is 9.89. The minimum absolute atomic E-state index is 0.0702. The van der Waals surface area contributed by atoms with E-state index in [0.29, 0.717) is 12.6 Å². The fraction of sp³-hybridized carbons (Fsp3) is 0.625. The van der Waals surface area contributed by atoms with Crippen LogP contribution in [0.15, 0.2) is 24.3 Å². The topological polar surface area (TPSA) is 55.5 Å². The lowest BCUT2D eigenvalue weighted by Gasteiger charge is -2.33. The number of hydrogen-bond acceptors (Lipinski definition) is 3. The van der Waals surface area contributed by atoms with E-state index < -0.39 is 0 Å². The van der Waals surface area contributed by atoms with Gasteiger partial charge >= 0.3 is 0 Å². The molecule has 0 saturated carbocycles. The second-order valence-corrected chi connectivity index (χ2v) is 5.86. The molecule has 3 unspecified atom stereocenters. The average molecular weight is 263 g/mol.